The predicted molar refractivity (Wildman–Crippen MR) is 107 cm³/mol. The molecule has 1 aliphatic rings. The zero-order chi connectivity index (χ0) is 19.3. The lowest BCUT2D eigenvalue weighted by atomic mass is 10.1. The van der Waals surface area contributed by atoms with Gasteiger partial charge in [0.15, 0.2) is 11.5 Å². The molecule has 2 aromatic carbocycles. The van der Waals surface area contributed by atoms with Crippen molar-refractivity contribution in [2.24, 2.45) is 0 Å². The second-order valence-electron chi connectivity index (χ2n) is 6.46. The van der Waals surface area contributed by atoms with Gasteiger partial charge in [-0.25, -0.2) is 4.68 Å². The number of nitrogens with one attached hydrogen (secondary N) is 1. The monoisotopic (exact) mass is 397 g/mol. The molecule has 0 radical (unpaired) electrons. The zero-order valence-electron chi connectivity index (χ0n) is 15.2. The summed E-state index contributed by atoms with van der Waals surface area (Å²) < 4.78 is 13.0. The van der Waals surface area contributed by atoms with Crippen molar-refractivity contribution in [2.45, 2.75) is 12.8 Å². The van der Waals surface area contributed by atoms with Gasteiger partial charge in [0, 0.05) is 30.9 Å². The Morgan fingerprint density at radius 1 is 1.18 bits per heavy atom. The maximum Gasteiger partial charge on any atom is 0.251 e. The summed E-state index contributed by atoms with van der Waals surface area (Å²) in [5, 5.41) is 7.52. The van der Waals surface area contributed by atoms with Gasteiger partial charge in [-0.15, -0.1) is 0 Å². The van der Waals surface area contributed by atoms with E-state index in [-0.39, 0.29) is 5.91 Å². The molecule has 0 spiro atoms. The SMILES string of the molecule is O=C(NCCc1ccc(-n2cccn2)cc1)c1cc(Cl)c2c(c1)OCCCO2. The first-order valence-electron chi connectivity index (χ1n) is 9.17. The smallest absolute Gasteiger partial charge is 0.251 e. The molecular formula is C21H20ClN3O3. The number of carbonyl (C=O) groups is 1. The summed E-state index contributed by atoms with van der Waals surface area (Å²) in [7, 11) is 0. The predicted octanol–water partition coefficient (Wildman–Crippen LogP) is 3.66. The number of ether oxygens (including phenoxy) is 2. The van der Waals surface area contributed by atoms with Crippen LogP contribution in [0, 0.1) is 0 Å². The maximum atomic E-state index is 12.5. The number of halogens is 1. The van der Waals surface area contributed by atoms with E-state index in [9.17, 15) is 4.79 Å². The van der Waals surface area contributed by atoms with Gasteiger partial charge in [0.05, 0.1) is 23.9 Å². The molecule has 144 valence electrons. The summed E-state index contributed by atoms with van der Waals surface area (Å²) in [6.45, 7) is 1.62. The lowest BCUT2D eigenvalue weighted by Crippen LogP contribution is -2.25. The number of fused-ring (bicyclic) bond motifs is 1. The molecule has 0 saturated heterocycles. The highest BCUT2D eigenvalue weighted by Crippen LogP contribution is 2.37. The van der Waals surface area contributed by atoms with Gasteiger partial charge in [0.1, 0.15) is 0 Å². The van der Waals surface area contributed by atoms with Crippen molar-refractivity contribution in [3.63, 3.8) is 0 Å². The average Bonchev–Trinajstić information content (AvgIpc) is 3.13. The lowest BCUT2D eigenvalue weighted by molar-refractivity contribution is 0.0953. The second-order valence-corrected chi connectivity index (χ2v) is 6.87. The van der Waals surface area contributed by atoms with Crippen LogP contribution in [0.25, 0.3) is 5.69 Å². The number of amides is 1. The van der Waals surface area contributed by atoms with Gasteiger partial charge in [0.25, 0.3) is 5.91 Å². The van der Waals surface area contributed by atoms with Crippen molar-refractivity contribution in [3.05, 3.63) is 71.0 Å². The summed E-state index contributed by atoms with van der Waals surface area (Å²) in [4.78, 5) is 12.5. The summed E-state index contributed by atoms with van der Waals surface area (Å²) in [5.74, 6) is 0.836. The van der Waals surface area contributed by atoms with Gasteiger partial charge in [-0.1, -0.05) is 23.7 Å². The van der Waals surface area contributed by atoms with E-state index in [1.54, 1.807) is 23.0 Å². The molecule has 1 N–H and O–H groups in total. The molecule has 0 saturated carbocycles. The maximum absolute atomic E-state index is 12.5. The van der Waals surface area contributed by atoms with Crippen LogP contribution in [-0.4, -0.2) is 35.4 Å². The molecule has 2 heterocycles. The van der Waals surface area contributed by atoms with Gasteiger partial charge < -0.3 is 14.8 Å². The van der Waals surface area contributed by atoms with Crippen molar-refractivity contribution >= 4 is 17.5 Å². The van der Waals surface area contributed by atoms with Crippen LogP contribution in [0.3, 0.4) is 0 Å². The Balaban J connectivity index is 1.36. The van der Waals surface area contributed by atoms with Crippen molar-refractivity contribution < 1.29 is 14.3 Å². The van der Waals surface area contributed by atoms with Gasteiger partial charge >= 0.3 is 0 Å². The molecule has 1 aromatic heterocycles. The Morgan fingerprint density at radius 2 is 2.00 bits per heavy atom. The Hall–Kier alpha value is -2.99. The third-order valence-corrected chi connectivity index (χ3v) is 4.75. The fraction of sp³-hybridized carbons (Fsp3) is 0.238. The third-order valence-electron chi connectivity index (χ3n) is 4.47. The molecule has 0 fully saturated rings. The quantitative estimate of drug-likeness (QED) is 0.713. The molecule has 1 amide bonds. The van der Waals surface area contributed by atoms with Crippen LogP contribution in [0.2, 0.25) is 5.02 Å². The first-order valence-corrected chi connectivity index (χ1v) is 9.55. The topological polar surface area (TPSA) is 65.4 Å². The van der Waals surface area contributed by atoms with Crippen LogP contribution in [0.5, 0.6) is 11.5 Å². The average molecular weight is 398 g/mol. The number of hydrogen-bond acceptors (Lipinski definition) is 4. The van der Waals surface area contributed by atoms with E-state index in [0.717, 1.165) is 24.1 Å². The molecule has 6 nitrogen and oxygen atoms in total. The molecule has 1 aliphatic heterocycles. The molecule has 0 unspecified atom stereocenters. The molecule has 4 rings (SSSR count). The Morgan fingerprint density at radius 3 is 2.79 bits per heavy atom. The van der Waals surface area contributed by atoms with E-state index in [4.69, 9.17) is 21.1 Å². The van der Waals surface area contributed by atoms with Gasteiger partial charge in [-0.3, -0.25) is 4.79 Å². The highest BCUT2D eigenvalue weighted by atomic mass is 35.5. The number of aromatic nitrogens is 2. The normalized spacial score (nSPS) is 13.0. The standard InChI is InChI=1S/C21H20ClN3O3/c22-18-13-16(14-19-20(18)28-12-2-11-27-19)21(26)23-9-7-15-3-5-17(6-4-15)25-10-1-8-24-25/h1,3-6,8,10,13-14H,2,7,9,11-12H2,(H,23,26). The number of hydrogen-bond donors (Lipinski definition) is 1. The Kier molecular flexibility index (Phi) is 5.48. The molecule has 28 heavy (non-hydrogen) atoms. The first-order chi connectivity index (χ1) is 13.7. The minimum atomic E-state index is -0.189. The van der Waals surface area contributed by atoms with E-state index < -0.39 is 0 Å². The van der Waals surface area contributed by atoms with Crippen LogP contribution >= 0.6 is 11.6 Å². The van der Waals surface area contributed by atoms with Crippen molar-refractivity contribution in [2.75, 3.05) is 19.8 Å². The number of nitrogens with zero attached hydrogens (tertiary/aromatic N) is 2. The highest BCUT2D eigenvalue weighted by Gasteiger charge is 2.18. The molecule has 0 bridgehead atoms. The van der Waals surface area contributed by atoms with E-state index in [2.05, 4.69) is 10.4 Å². The van der Waals surface area contributed by atoms with E-state index in [1.165, 1.54) is 0 Å². The van der Waals surface area contributed by atoms with Crippen LogP contribution in [0.1, 0.15) is 22.3 Å². The lowest BCUT2D eigenvalue weighted by Gasteiger charge is -2.12. The van der Waals surface area contributed by atoms with Crippen molar-refractivity contribution in [3.8, 4) is 17.2 Å². The largest absolute Gasteiger partial charge is 0.489 e. The summed E-state index contributed by atoms with van der Waals surface area (Å²) in [6, 6.07) is 13.3. The van der Waals surface area contributed by atoms with Crippen LogP contribution in [-0.2, 0) is 6.42 Å². The number of rotatable bonds is 5. The minimum absolute atomic E-state index is 0.189. The van der Waals surface area contributed by atoms with E-state index in [1.807, 2.05) is 36.5 Å². The van der Waals surface area contributed by atoms with E-state index >= 15 is 0 Å². The van der Waals surface area contributed by atoms with Crippen LogP contribution < -0.4 is 14.8 Å². The summed E-state index contributed by atoms with van der Waals surface area (Å²) in [5.41, 5.74) is 2.59. The first kappa shape index (κ1) is 18.4. The molecule has 3 aromatic rings. The Bertz CT molecular complexity index is 956. The zero-order valence-corrected chi connectivity index (χ0v) is 16.0. The van der Waals surface area contributed by atoms with Gasteiger partial charge in [0.2, 0.25) is 0 Å². The highest BCUT2D eigenvalue weighted by molar-refractivity contribution is 6.32. The number of carbonyl (C=O) groups excluding carboxylic acids is 1. The van der Waals surface area contributed by atoms with E-state index in [0.29, 0.717) is 41.8 Å². The van der Waals surface area contributed by atoms with Crippen molar-refractivity contribution in [1.29, 1.82) is 0 Å². The third kappa shape index (κ3) is 4.12. The fourth-order valence-corrected chi connectivity index (χ4v) is 3.29. The molecule has 7 heteroatoms. The molecule has 0 atom stereocenters. The minimum Gasteiger partial charge on any atom is -0.489 e. The summed E-state index contributed by atoms with van der Waals surface area (Å²) >= 11 is 6.26. The van der Waals surface area contributed by atoms with Gasteiger partial charge in [-0.05, 0) is 42.3 Å². The fourth-order valence-electron chi connectivity index (χ4n) is 3.02. The van der Waals surface area contributed by atoms with Crippen LogP contribution in [0.4, 0.5) is 0 Å². The van der Waals surface area contributed by atoms with Crippen molar-refractivity contribution in [1.82, 2.24) is 15.1 Å². The summed E-state index contributed by atoms with van der Waals surface area (Å²) in [6.07, 6.45) is 5.15. The van der Waals surface area contributed by atoms with Gasteiger partial charge in [-0.2, -0.15) is 5.10 Å². The van der Waals surface area contributed by atoms with Crippen LogP contribution in [0.15, 0.2) is 54.9 Å². The molecule has 0 aliphatic carbocycles. The number of benzene rings is 2. The molecular weight excluding hydrogens is 378 g/mol. The second kappa shape index (κ2) is 8.35. The Labute approximate surface area is 168 Å².